The van der Waals surface area contributed by atoms with Crippen molar-refractivity contribution in [1.82, 2.24) is 15.1 Å². The zero-order valence-corrected chi connectivity index (χ0v) is 13.0. The number of hydrogen-bond donors (Lipinski definition) is 2. The molecule has 118 valence electrons. The van der Waals surface area contributed by atoms with Gasteiger partial charge >= 0.3 is 5.69 Å². The molecule has 0 aliphatic carbocycles. The van der Waals surface area contributed by atoms with Crippen LogP contribution in [0.1, 0.15) is 39.3 Å². The highest BCUT2D eigenvalue weighted by atomic mass is 16.6. The molecule has 2 N–H and O–H groups in total. The first-order valence-electron chi connectivity index (χ1n) is 7.18. The topological polar surface area (TPSA) is 102 Å². The Morgan fingerprint density at radius 3 is 2.62 bits per heavy atom. The van der Waals surface area contributed by atoms with Gasteiger partial charge in [-0.25, -0.2) is 4.68 Å². The van der Waals surface area contributed by atoms with Gasteiger partial charge in [-0.1, -0.05) is 13.8 Å². The predicted molar refractivity (Wildman–Crippen MR) is 80.3 cm³/mol. The molecule has 1 atom stereocenters. The molecular weight excluding hydrogens is 274 g/mol. The summed E-state index contributed by atoms with van der Waals surface area (Å²) in [6.07, 6.45) is 1.63. The molecule has 8 nitrogen and oxygen atoms in total. The first kappa shape index (κ1) is 16.9. The molecule has 8 heteroatoms. The van der Waals surface area contributed by atoms with Crippen LogP contribution < -0.4 is 10.6 Å². The van der Waals surface area contributed by atoms with Crippen molar-refractivity contribution in [3.05, 3.63) is 15.8 Å². The minimum atomic E-state index is -0.568. The van der Waals surface area contributed by atoms with Crippen LogP contribution in [0.15, 0.2) is 0 Å². The third-order valence-electron chi connectivity index (χ3n) is 3.01. The second kappa shape index (κ2) is 7.61. The Morgan fingerprint density at radius 2 is 2.10 bits per heavy atom. The van der Waals surface area contributed by atoms with Crippen LogP contribution >= 0.6 is 0 Å². The smallest absolute Gasteiger partial charge is 0.333 e. The number of nitrogens with one attached hydrogen (secondary N) is 2. The molecule has 0 radical (unpaired) electrons. The Kier molecular flexibility index (Phi) is 6.13. The maximum atomic E-state index is 11.9. The van der Waals surface area contributed by atoms with E-state index in [4.69, 9.17) is 0 Å². The average molecular weight is 297 g/mol. The maximum Gasteiger partial charge on any atom is 0.333 e. The summed E-state index contributed by atoms with van der Waals surface area (Å²) < 4.78 is 1.55. The van der Waals surface area contributed by atoms with E-state index < -0.39 is 11.0 Å². The SMILES string of the molecule is CCCNC(=O)C(C)Nc1c([N+](=O)[O-])c(C)nn1CCC. The van der Waals surface area contributed by atoms with E-state index in [1.807, 2.05) is 13.8 Å². The van der Waals surface area contributed by atoms with Gasteiger partial charge in [0.1, 0.15) is 11.7 Å². The van der Waals surface area contributed by atoms with Gasteiger partial charge in [-0.3, -0.25) is 14.9 Å². The van der Waals surface area contributed by atoms with E-state index in [1.54, 1.807) is 18.5 Å². The van der Waals surface area contributed by atoms with Crippen LogP contribution in [0.3, 0.4) is 0 Å². The Bertz CT molecular complexity index is 512. The highest BCUT2D eigenvalue weighted by Gasteiger charge is 2.27. The lowest BCUT2D eigenvalue weighted by Crippen LogP contribution is -2.38. The molecule has 0 aliphatic heterocycles. The lowest BCUT2D eigenvalue weighted by molar-refractivity contribution is -0.384. The number of carbonyl (C=O) groups excluding carboxylic acids is 1. The lowest BCUT2D eigenvalue weighted by atomic mass is 10.3. The van der Waals surface area contributed by atoms with Gasteiger partial charge in [0.15, 0.2) is 0 Å². The fourth-order valence-electron chi connectivity index (χ4n) is 1.98. The normalized spacial score (nSPS) is 12.0. The number of nitrogens with zero attached hydrogens (tertiary/aromatic N) is 3. The molecule has 1 heterocycles. The van der Waals surface area contributed by atoms with Gasteiger partial charge < -0.3 is 10.6 Å². The van der Waals surface area contributed by atoms with Gasteiger partial charge in [-0.2, -0.15) is 5.10 Å². The Balaban J connectivity index is 2.99. The van der Waals surface area contributed by atoms with E-state index in [9.17, 15) is 14.9 Å². The third-order valence-corrected chi connectivity index (χ3v) is 3.01. The monoisotopic (exact) mass is 297 g/mol. The van der Waals surface area contributed by atoms with Crippen LogP contribution in [-0.4, -0.2) is 33.2 Å². The highest BCUT2D eigenvalue weighted by molar-refractivity contribution is 5.84. The first-order chi connectivity index (χ1) is 9.92. The number of amides is 1. The molecule has 0 aromatic carbocycles. The Labute approximate surface area is 124 Å². The number of hydrogen-bond acceptors (Lipinski definition) is 5. The molecule has 1 rings (SSSR count). The lowest BCUT2D eigenvalue weighted by Gasteiger charge is -2.15. The van der Waals surface area contributed by atoms with E-state index in [-0.39, 0.29) is 11.6 Å². The van der Waals surface area contributed by atoms with Crippen LogP contribution in [0, 0.1) is 17.0 Å². The van der Waals surface area contributed by atoms with Crippen molar-refractivity contribution in [2.24, 2.45) is 0 Å². The van der Waals surface area contributed by atoms with Gasteiger partial charge in [0.25, 0.3) is 0 Å². The van der Waals surface area contributed by atoms with Crippen LogP contribution in [0.4, 0.5) is 11.5 Å². The minimum Gasteiger partial charge on any atom is -0.354 e. The number of aryl methyl sites for hydroxylation is 2. The van der Waals surface area contributed by atoms with Gasteiger partial charge in [0, 0.05) is 13.1 Å². The van der Waals surface area contributed by atoms with Crippen molar-refractivity contribution >= 4 is 17.4 Å². The van der Waals surface area contributed by atoms with Crippen molar-refractivity contribution in [3.63, 3.8) is 0 Å². The van der Waals surface area contributed by atoms with Crippen molar-refractivity contribution in [1.29, 1.82) is 0 Å². The predicted octanol–water partition coefficient (Wildman–Crippen LogP) is 1.84. The number of rotatable bonds is 8. The van der Waals surface area contributed by atoms with Crippen LogP contribution in [0.5, 0.6) is 0 Å². The number of anilines is 1. The molecule has 0 spiro atoms. The first-order valence-corrected chi connectivity index (χ1v) is 7.18. The van der Waals surface area contributed by atoms with Gasteiger partial charge in [-0.05, 0) is 26.7 Å². The molecule has 1 amide bonds. The van der Waals surface area contributed by atoms with Gasteiger partial charge in [0.05, 0.1) is 4.92 Å². The summed E-state index contributed by atoms with van der Waals surface area (Å²) in [5.41, 5.74) is 0.274. The van der Waals surface area contributed by atoms with E-state index in [1.165, 1.54) is 0 Å². The molecule has 21 heavy (non-hydrogen) atoms. The summed E-state index contributed by atoms with van der Waals surface area (Å²) >= 11 is 0. The number of nitro groups is 1. The molecule has 1 aromatic rings. The van der Waals surface area contributed by atoms with E-state index in [0.717, 1.165) is 12.8 Å². The van der Waals surface area contributed by atoms with E-state index in [0.29, 0.717) is 24.6 Å². The standard InChI is InChI=1S/C13H23N5O3/c1-5-7-14-13(19)10(4)15-12-11(18(20)21)9(3)16-17(12)8-6-2/h10,15H,5-8H2,1-4H3,(H,14,19). The largest absolute Gasteiger partial charge is 0.354 e. The maximum absolute atomic E-state index is 11.9. The minimum absolute atomic E-state index is 0.0707. The molecular formula is C13H23N5O3. The summed E-state index contributed by atoms with van der Waals surface area (Å²) in [4.78, 5) is 22.6. The zero-order chi connectivity index (χ0) is 16.0. The summed E-state index contributed by atoms with van der Waals surface area (Å²) in [6.45, 7) is 8.33. The molecule has 1 aromatic heterocycles. The van der Waals surface area contributed by atoms with Gasteiger partial charge in [0.2, 0.25) is 11.7 Å². The Hall–Kier alpha value is -2.12. The van der Waals surface area contributed by atoms with Crippen molar-refractivity contribution in [3.8, 4) is 0 Å². The van der Waals surface area contributed by atoms with E-state index >= 15 is 0 Å². The average Bonchev–Trinajstić information content (AvgIpc) is 2.72. The molecule has 0 saturated carbocycles. The van der Waals surface area contributed by atoms with Crippen LogP contribution in [0.25, 0.3) is 0 Å². The van der Waals surface area contributed by atoms with Gasteiger partial charge in [-0.15, -0.1) is 0 Å². The summed E-state index contributed by atoms with van der Waals surface area (Å²) in [5.74, 6) is 0.103. The Morgan fingerprint density at radius 1 is 1.43 bits per heavy atom. The second-order valence-electron chi connectivity index (χ2n) is 4.92. The van der Waals surface area contributed by atoms with Crippen LogP contribution in [0.2, 0.25) is 0 Å². The number of carbonyl (C=O) groups is 1. The molecule has 0 bridgehead atoms. The fraction of sp³-hybridized carbons (Fsp3) is 0.692. The highest BCUT2D eigenvalue weighted by Crippen LogP contribution is 2.28. The van der Waals surface area contributed by atoms with Crippen molar-refractivity contribution in [2.45, 2.75) is 53.1 Å². The number of aromatic nitrogens is 2. The third kappa shape index (κ3) is 4.17. The quantitative estimate of drug-likeness (QED) is 0.563. The molecule has 1 unspecified atom stereocenters. The summed E-state index contributed by atoms with van der Waals surface area (Å²) in [7, 11) is 0. The molecule has 0 aliphatic rings. The van der Waals surface area contributed by atoms with Crippen LogP contribution in [-0.2, 0) is 11.3 Å². The zero-order valence-electron chi connectivity index (χ0n) is 13.0. The molecule has 0 saturated heterocycles. The van der Waals surface area contributed by atoms with Crippen molar-refractivity contribution in [2.75, 3.05) is 11.9 Å². The van der Waals surface area contributed by atoms with Crippen molar-refractivity contribution < 1.29 is 9.72 Å². The summed E-state index contributed by atoms with van der Waals surface area (Å²) in [6, 6.07) is -0.568. The van der Waals surface area contributed by atoms with E-state index in [2.05, 4.69) is 15.7 Å². The molecule has 0 fully saturated rings. The fourth-order valence-corrected chi connectivity index (χ4v) is 1.98. The summed E-state index contributed by atoms with van der Waals surface area (Å²) in [5, 5.41) is 21.1. The second-order valence-corrected chi connectivity index (χ2v) is 4.92.